The van der Waals surface area contributed by atoms with Gasteiger partial charge in [-0.2, -0.15) is 5.10 Å². The molecule has 0 aliphatic carbocycles. The molecule has 7 heteroatoms. The Morgan fingerprint density at radius 1 is 1.45 bits per heavy atom. The van der Waals surface area contributed by atoms with E-state index in [2.05, 4.69) is 22.7 Å². The van der Waals surface area contributed by atoms with E-state index in [0.717, 1.165) is 19.4 Å². The van der Waals surface area contributed by atoms with Crippen LogP contribution in [0.25, 0.3) is 0 Å². The normalized spacial score (nSPS) is 10.2. The molecule has 0 saturated heterocycles. The monoisotopic (exact) mass is 298 g/mol. The Balaban J connectivity index is 2.74. The fraction of sp³-hybridized carbons (Fsp3) is 0.615. The van der Waals surface area contributed by atoms with Gasteiger partial charge in [0, 0.05) is 19.3 Å². The summed E-state index contributed by atoms with van der Waals surface area (Å²) in [7, 11) is 0. The van der Waals surface area contributed by atoms with E-state index in [9.17, 15) is 4.79 Å². The Hall–Kier alpha value is -1.63. The minimum atomic E-state index is -0.397. The van der Waals surface area contributed by atoms with Crippen molar-refractivity contribution in [2.24, 2.45) is 0 Å². The molecule has 1 aromatic rings. The Labute approximate surface area is 124 Å². The molecule has 0 amide bonds. The van der Waals surface area contributed by atoms with Crippen molar-refractivity contribution in [3.63, 3.8) is 0 Å². The topological polar surface area (TPSA) is 68.2 Å². The molecule has 20 heavy (non-hydrogen) atoms. The van der Waals surface area contributed by atoms with Gasteiger partial charge in [0.05, 0.1) is 6.61 Å². The van der Waals surface area contributed by atoms with Crippen molar-refractivity contribution < 1.29 is 9.53 Å². The van der Waals surface area contributed by atoms with E-state index in [0.29, 0.717) is 29.6 Å². The van der Waals surface area contributed by atoms with E-state index in [1.807, 2.05) is 6.92 Å². The number of thiocarbonyl (C=S) groups is 1. The number of esters is 1. The predicted molar refractivity (Wildman–Crippen MR) is 83.0 cm³/mol. The van der Waals surface area contributed by atoms with Crippen molar-refractivity contribution in [2.75, 3.05) is 18.5 Å². The van der Waals surface area contributed by atoms with Gasteiger partial charge in [0.1, 0.15) is 5.56 Å². The molecule has 6 nitrogen and oxygen atoms in total. The zero-order valence-electron chi connectivity index (χ0n) is 12.2. The van der Waals surface area contributed by atoms with Crippen molar-refractivity contribution in [1.29, 1.82) is 0 Å². The van der Waals surface area contributed by atoms with E-state index in [4.69, 9.17) is 17.0 Å². The van der Waals surface area contributed by atoms with Crippen LogP contribution in [0.5, 0.6) is 0 Å². The van der Waals surface area contributed by atoms with Crippen LogP contribution in [-0.2, 0) is 11.3 Å². The first-order valence-corrected chi connectivity index (χ1v) is 7.32. The summed E-state index contributed by atoms with van der Waals surface area (Å²) < 4.78 is 6.68. The summed E-state index contributed by atoms with van der Waals surface area (Å²) >= 11 is 5.18. The molecule has 1 aromatic heterocycles. The highest BCUT2D eigenvalue weighted by Crippen LogP contribution is 2.14. The maximum absolute atomic E-state index is 11.9. The Morgan fingerprint density at radius 2 is 2.20 bits per heavy atom. The second kappa shape index (κ2) is 8.52. The molecule has 1 rings (SSSR count). The number of anilines is 1. The van der Waals surface area contributed by atoms with Gasteiger partial charge in [0.2, 0.25) is 0 Å². The number of nitrogens with one attached hydrogen (secondary N) is 2. The second-order valence-corrected chi connectivity index (χ2v) is 4.61. The summed E-state index contributed by atoms with van der Waals surface area (Å²) in [6.45, 7) is 7.63. The van der Waals surface area contributed by atoms with Crippen LogP contribution in [0.15, 0.2) is 6.20 Å². The number of rotatable bonds is 7. The molecule has 0 radical (unpaired) electrons. The van der Waals surface area contributed by atoms with Crippen LogP contribution in [0.4, 0.5) is 5.82 Å². The van der Waals surface area contributed by atoms with Gasteiger partial charge < -0.3 is 15.4 Å². The molecular formula is C13H22N4O2S. The summed E-state index contributed by atoms with van der Waals surface area (Å²) in [5.74, 6) is 0.0327. The van der Waals surface area contributed by atoms with Gasteiger partial charge in [-0.15, -0.1) is 0 Å². The minimum absolute atomic E-state index is 0.328. The zero-order chi connectivity index (χ0) is 15.0. The fourth-order valence-electron chi connectivity index (χ4n) is 1.56. The maximum Gasteiger partial charge on any atom is 0.343 e. The van der Waals surface area contributed by atoms with Crippen LogP contribution in [0.1, 0.15) is 44.0 Å². The number of carbonyl (C=O) groups is 1. The molecule has 0 bridgehead atoms. The van der Waals surface area contributed by atoms with Gasteiger partial charge in [-0.25, -0.2) is 4.79 Å². The highest BCUT2D eigenvalue weighted by Gasteiger charge is 2.18. The number of nitrogens with zero attached hydrogens (tertiary/aromatic N) is 2. The van der Waals surface area contributed by atoms with Crippen molar-refractivity contribution >= 4 is 29.1 Å². The third-order valence-corrected chi connectivity index (χ3v) is 2.88. The minimum Gasteiger partial charge on any atom is -0.462 e. The molecule has 1 heterocycles. The van der Waals surface area contributed by atoms with Gasteiger partial charge in [0.15, 0.2) is 10.9 Å². The van der Waals surface area contributed by atoms with Crippen LogP contribution in [0.2, 0.25) is 0 Å². The molecule has 112 valence electrons. The van der Waals surface area contributed by atoms with Crippen LogP contribution in [0.3, 0.4) is 0 Å². The first-order valence-electron chi connectivity index (χ1n) is 6.91. The van der Waals surface area contributed by atoms with Gasteiger partial charge in [-0.1, -0.05) is 13.3 Å². The number of carbonyl (C=O) groups excluding carboxylic acids is 1. The van der Waals surface area contributed by atoms with Gasteiger partial charge >= 0.3 is 5.97 Å². The Bertz CT molecular complexity index is 459. The molecule has 0 saturated carbocycles. The van der Waals surface area contributed by atoms with Crippen molar-refractivity contribution in [3.8, 4) is 0 Å². The quantitative estimate of drug-likeness (QED) is 0.457. The van der Waals surface area contributed by atoms with Crippen LogP contribution >= 0.6 is 12.2 Å². The van der Waals surface area contributed by atoms with Gasteiger partial charge in [0.25, 0.3) is 0 Å². The average Bonchev–Trinajstić information content (AvgIpc) is 2.82. The van der Waals surface area contributed by atoms with E-state index in [-0.39, 0.29) is 0 Å². The molecule has 0 unspecified atom stereocenters. The lowest BCUT2D eigenvalue weighted by Crippen LogP contribution is -2.30. The van der Waals surface area contributed by atoms with Gasteiger partial charge in [-0.3, -0.25) is 4.68 Å². The van der Waals surface area contributed by atoms with Crippen LogP contribution in [-0.4, -0.2) is 34.0 Å². The second-order valence-electron chi connectivity index (χ2n) is 4.20. The number of aromatic nitrogens is 2. The lowest BCUT2D eigenvalue weighted by molar-refractivity contribution is 0.0527. The molecule has 0 atom stereocenters. The lowest BCUT2D eigenvalue weighted by Gasteiger charge is -2.09. The SMILES string of the molecule is CCCCNC(=S)Nc1nn(CC)cc1C(=O)OCC. The first-order chi connectivity index (χ1) is 9.62. The standard InChI is InChI=1S/C13H22N4O2S/c1-4-7-8-14-13(20)15-11-10(12(18)19-6-3)9-17(5-2)16-11/h9H,4-8H2,1-3H3,(H2,14,15,16,20). The van der Waals surface area contributed by atoms with Crippen molar-refractivity contribution in [1.82, 2.24) is 15.1 Å². The van der Waals surface area contributed by atoms with Crippen molar-refractivity contribution in [2.45, 2.75) is 40.2 Å². The number of aryl methyl sites for hydroxylation is 1. The summed E-state index contributed by atoms with van der Waals surface area (Å²) in [4.78, 5) is 11.9. The third-order valence-electron chi connectivity index (χ3n) is 2.63. The smallest absolute Gasteiger partial charge is 0.343 e. The maximum atomic E-state index is 11.9. The van der Waals surface area contributed by atoms with Crippen molar-refractivity contribution in [3.05, 3.63) is 11.8 Å². The zero-order valence-corrected chi connectivity index (χ0v) is 13.0. The lowest BCUT2D eigenvalue weighted by atomic mass is 10.3. The molecular weight excluding hydrogens is 276 g/mol. The van der Waals surface area contributed by atoms with E-state index < -0.39 is 5.97 Å². The first kappa shape index (κ1) is 16.4. The molecule has 0 spiro atoms. The van der Waals surface area contributed by atoms with E-state index in [1.165, 1.54) is 0 Å². The number of hydrogen-bond donors (Lipinski definition) is 2. The highest BCUT2D eigenvalue weighted by molar-refractivity contribution is 7.80. The molecule has 2 N–H and O–H groups in total. The number of ether oxygens (including phenoxy) is 1. The fourth-order valence-corrected chi connectivity index (χ4v) is 1.76. The van der Waals surface area contributed by atoms with Crippen LogP contribution in [0, 0.1) is 0 Å². The van der Waals surface area contributed by atoms with E-state index in [1.54, 1.807) is 17.8 Å². The average molecular weight is 298 g/mol. The van der Waals surface area contributed by atoms with Crippen LogP contribution < -0.4 is 10.6 Å². The predicted octanol–water partition coefficient (Wildman–Crippen LogP) is 2.17. The third kappa shape index (κ3) is 4.80. The molecule has 0 aliphatic heterocycles. The van der Waals surface area contributed by atoms with Gasteiger partial charge in [-0.05, 0) is 32.5 Å². The molecule has 0 fully saturated rings. The molecule has 0 aliphatic rings. The molecule has 0 aromatic carbocycles. The number of hydrogen-bond acceptors (Lipinski definition) is 4. The summed E-state index contributed by atoms with van der Waals surface area (Å²) in [5, 5.41) is 10.8. The largest absolute Gasteiger partial charge is 0.462 e. The summed E-state index contributed by atoms with van der Waals surface area (Å²) in [6, 6.07) is 0. The highest BCUT2D eigenvalue weighted by atomic mass is 32.1. The Morgan fingerprint density at radius 3 is 2.80 bits per heavy atom. The summed E-state index contributed by atoms with van der Waals surface area (Å²) in [6.07, 6.45) is 3.79. The summed E-state index contributed by atoms with van der Waals surface area (Å²) in [5.41, 5.74) is 0.397. The number of unbranched alkanes of at least 4 members (excludes halogenated alkanes) is 1. The Kier molecular flexibility index (Phi) is 7.00. The van der Waals surface area contributed by atoms with E-state index >= 15 is 0 Å².